The van der Waals surface area contributed by atoms with Crippen LogP contribution in [0.15, 0.2) is 24.5 Å². The molecule has 0 saturated heterocycles. The molecule has 4 heteroatoms. The van der Waals surface area contributed by atoms with Gasteiger partial charge in [0.05, 0.1) is 18.6 Å². The first-order chi connectivity index (χ1) is 8.20. The monoisotopic (exact) mass is 237 g/mol. The van der Waals surface area contributed by atoms with Crippen LogP contribution in [0.25, 0.3) is 0 Å². The van der Waals surface area contributed by atoms with Gasteiger partial charge in [-0.2, -0.15) is 0 Å². The van der Waals surface area contributed by atoms with Crippen LogP contribution in [-0.4, -0.2) is 22.7 Å². The first-order valence-corrected chi connectivity index (χ1v) is 5.95. The number of hydrogen-bond donors (Lipinski definition) is 1. The molecular formula is C13H19NO3. The maximum atomic E-state index is 11.7. The molecule has 0 radical (unpaired) electrons. The van der Waals surface area contributed by atoms with Gasteiger partial charge in [0.25, 0.3) is 0 Å². The van der Waals surface area contributed by atoms with Gasteiger partial charge in [-0.1, -0.05) is 19.4 Å². The molecule has 17 heavy (non-hydrogen) atoms. The van der Waals surface area contributed by atoms with Gasteiger partial charge in [-0.3, -0.25) is 9.78 Å². The van der Waals surface area contributed by atoms with Crippen molar-refractivity contribution in [1.82, 2.24) is 4.98 Å². The maximum absolute atomic E-state index is 11.7. The molecule has 1 N–H and O–H groups in total. The molecule has 1 aromatic rings. The molecule has 0 aliphatic heterocycles. The fourth-order valence-corrected chi connectivity index (χ4v) is 1.75. The van der Waals surface area contributed by atoms with Crippen LogP contribution in [0.4, 0.5) is 0 Å². The highest BCUT2D eigenvalue weighted by molar-refractivity contribution is 5.73. The minimum absolute atomic E-state index is 0.332. The molecule has 4 nitrogen and oxygen atoms in total. The van der Waals surface area contributed by atoms with Crippen molar-refractivity contribution in [2.45, 2.75) is 32.8 Å². The number of ether oxygens (including phenoxy) is 1. The van der Waals surface area contributed by atoms with Gasteiger partial charge >= 0.3 is 5.97 Å². The molecule has 0 amide bonds. The van der Waals surface area contributed by atoms with E-state index in [1.807, 2.05) is 6.92 Å². The van der Waals surface area contributed by atoms with E-state index in [0.29, 0.717) is 18.6 Å². The van der Waals surface area contributed by atoms with Crippen LogP contribution in [-0.2, 0) is 9.53 Å². The van der Waals surface area contributed by atoms with Crippen LogP contribution in [0.3, 0.4) is 0 Å². The summed E-state index contributed by atoms with van der Waals surface area (Å²) in [6.45, 7) is 4.07. The number of carbonyl (C=O) groups excluding carboxylic acids is 1. The third-order valence-electron chi connectivity index (χ3n) is 2.60. The van der Waals surface area contributed by atoms with E-state index in [1.165, 1.54) is 0 Å². The fourth-order valence-electron chi connectivity index (χ4n) is 1.75. The van der Waals surface area contributed by atoms with Gasteiger partial charge in [-0.25, -0.2) is 0 Å². The lowest BCUT2D eigenvalue weighted by atomic mass is 9.93. The zero-order valence-corrected chi connectivity index (χ0v) is 10.3. The molecule has 0 fully saturated rings. The molecule has 94 valence electrons. The van der Waals surface area contributed by atoms with Gasteiger partial charge in [0.1, 0.15) is 0 Å². The first-order valence-electron chi connectivity index (χ1n) is 5.95. The van der Waals surface area contributed by atoms with E-state index in [1.54, 1.807) is 31.5 Å². The van der Waals surface area contributed by atoms with Crippen LogP contribution in [0, 0.1) is 5.92 Å². The Bertz CT molecular complexity index is 340. The second-order valence-electron chi connectivity index (χ2n) is 3.88. The van der Waals surface area contributed by atoms with Gasteiger partial charge < -0.3 is 9.84 Å². The van der Waals surface area contributed by atoms with Crippen LogP contribution < -0.4 is 0 Å². The normalized spacial score (nSPS) is 14.1. The van der Waals surface area contributed by atoms with Crippen LogP contribution in [0.2, 0.25) is 0 Å². The lowest BCUT2D eigenvalue weighted by Crippen LogP contribution is -2.24. The van der Waals surface area contributed by atoms with Crippen LogP contribution in [0.1, 0.15) is 38.4 Å². The number of aliphatic hydroxyl groups excluding tert-OH is 1. The average Bonchev–Trinajstić information content (AvgIpc) is 2.36. The first kappa shape index (κ1) is 13.6. The van der Waals surface area contributed by atoms with Crippen molar-refractivity contribution in [1.29, 1.82) is 0 Å². The van der Waals surface area contributed by atoms with Crippen LogP contribution in [0.5, 0.6) is 0 Å². The zero-order chi connectivity index (χ0) is 12.7. The molecule has 0 aliphatic rings. The summed E-state index contributed by atoms with van der Waals surface area (Å²) in [6.07, 6.45) is 3.79. The summed E-state index contributed by atoms with van der Waals surface area (Å²) >= 11 is 0. The van der Waals surface area contributed by atoms with Gasteiger partial charge in [0.15, 0.2) is 0 Å². The van der Waals surface area contributed by atoms with Crippen LogP contribution >= 0.6 is 0 Å². The van der Waals surface area contributed by atoms with Crippen molar-refractivity contribution >= 4 is 5.97 Å². The quantitative estimate of drug-likeness (QED) is 0.770. The molecule has 0 spiro atoms. The number of rotatable bonds is 6. The molecule has 1 heterocycles. The number of aromatic nitrogens is 1. The third-order valence-corrected chi connectivity index (χ3v) is 2.60. The third kappa shape index (κ3) is 3.82. The number of hydrogen-bond acceptors (Lipinski definition) is 4. The van der Waals surface area contributed by atoms with Crippen molar-refractivity contribution in [2.24, 2.45) is 5.92 Å². The molecule has 0 aromatic carbocycles. The summed E-state index contributed by atoms with van der Waals surface area (Å²) < 4.78 is 4.98. The number of esters is 1. The standard InChI is InChI=1S/C13H19NO3/c1-3-6-11(13(16)17-4-2)12(15)10-7-5-8-14-9-10/h5,7-9,11-12,15H,3-4,6H2,1-2H3. The summed E-state index contributed by atoms with van der Waals surface area (Å²) in [5.74, 6) is -0.852. The van der Waals surface area contributed by atoms with E-state index < -0.39 is 12.0 Å². The predicted octanol–water partition coefficient (Wildman–Crippen LogP) is 2.09. The largest absolute Gasteiger partial charge is 0.466 e. The Balaban J connectivity index is 2.80. The second-order valence-corrected chi connectivity index (χ2v) is 3.88. The van der Waals surface area contributed by atoms with E-state index in [4.69, 9.17) is 4.74 Å². The predicted molar refractivity (Wildman–Crippen MR) is 64.2 cm³/mol. The van der Waals surface area contributed by atoms with Gasteiger partial charge in [0, 0.05) is 12.4 Å². The van der Waals surface area contributed by atoms with Crippen molar-refractivity contribution in [3.05, 3.63) is 30.1 Å². The Morgan fingerprint density at radius 2 is 2.29 bits per heavy atom. The Hall–Kier alpha value is -1.42. The van der Waals surface area contributed by atoms with Crippen molar-refractivity contribution in [2.75, 3.05) is 6.61 Å². The van der Waals surface area contributed by atoms with Gasteiger partial charge in [-0.15, -0.1) is 0 Å². The summed E-state index contributed by atoms with van der Waals surface area (Å²) in [5, 5.41) is 10.2. The maximum Gasteiger partial charge on any atom is 0.311 e. The Morgan fingerprint density at radius 1 is 1.53 bits per heavy atom. The number of pyridine rings is 1. The van der Waals surface area contributed by atoms with Crippen molar-refractivity contribution in [3.8, 4) is 0 Å². The Morgan fingerprint density at radius 3 is 2.82 bits per heavy atom. The van der Waals surface area contributed by atoms with E-state index in [-0.39, 0.29) is 5.97 Å². The smallest absolute Gasteiger partial charge is 0.311 e. The molecular weight excluding hydrogens is 218 g/mol. The highest BCUT2D eigenvalue weighted by atomic mass is 16.5. The SMILES string of the molecule is CCCC(C(=O)OCC)C(O)c1cccnc1. The molecule has 1 aromatic heterocycles. The Kier molecular flexibility index (Phi) is 5.63. The average molecular weight is 237 g/mol. The summed E-state index contributed by atoms with van der Waals surface area (Å²) in [6, 6.07) is 3.51. The molecule has 1 rings (SSSR count). The van der Waals surface area contributed by atoms with Crippen molar-refractivity contribution in [3.63, 3.8) is 0 Å². The zero-order valence-electron chi connectivity index (χ0n) is 10.3. The highest BCUT2D eigenvalue weighted by Gasteiger charge is 2.28. The number of nitrogens with zero attached hydrogens (tertiary/aromatic N) is 1. The van der Waals surface area contributed by atoms with E-state index in [0.717, 1.165) is 6.42 Å². The lowest BCUT2D eigenvalue weighted by molar-refractivity contribution is -0.152. The van der Waals surface area contributed by atoms with Crippen molar-refractivity contribution < 1.29 is 14.6 Å². The van der Waals surface area contributed by atoms with E-state index >= 15 is 0 Å². The van der Waals surface area contributed by atoms with E-state index in [9.17, 15) is 9.90 Å². The molecule has 0 saturated carbocycles. The van der Waals surface area contributed by atoms with E-state index in [2.05, 4.69) is 4.98 Å². The molecule has 0 aliphatic carbocycles. The number of carbonyl (C=O) groups is 1. The summed E-state index contributed by atoms with van der Waals surface area (Å²) in [5.41, 5.74) is 0.652. The number of aliphatic hydroxyl groups is 1. The Labute approximate surface area is 102 Å². The van der Waals surface area contributed by atoms with Gasteiger partial charge in [0.2, 0.25) is 0 Å². The lowest BCUT2D eigenvalue weighted by Gasteiger charge is -2.20. The molecule has 0 bridgehead atoms. The second kappa shape index (κ2) is 7.01. The highest BCUT2D eigenvalue weighted by Crippen LogP contribution is 2.26. The van der Waals surface area contributed by atoms with Gasteiger partial charge in [-0.05, 0) is 25.0 Å². The minimum atomic E-state index is -0.845. The molecule has 2 unspecified atom stereocenters. The molecule has 2 atom stereocenters. The minimum Gasteiger partial charge on any atom is -0.466 e. The summed E-state index contributed by atoms with van der Waals surface area (Å²) in [4.78, 5) is 15.7. The summed E-state index contributed by atoms with van der Waals surface area (Å²) in [7, 11) is 0. The fraction of sp³-hybridized carbons (Fsp3) is 0.538. The topological polar surface area (TPSA) is 59.4 Å².